The summed E-state index contributed by atoms with van der Waals surface area (Å²) in [5, 5.41) is 24.0. The molecule has 0 heterocycles. The molecule has 3 aromatic carbocycles. The van der Waals surface area contributed by atoms with Crippen molar-refractivity contribution in [3.05, 3.63) is 129 Å². The smallest absolute Gasteiger partial charge is 0.307 e. The number of fused-ring (bicyclic) bond motifs is 3. The number of aldehydes is 1. The molecule has 1 spiro atoms. The predicted molar refractivity (Wildman–Crippen MR) is 226 cm³/mol. The molecule has 1 fully saturated rings. The summed E-state index contributed by atoms with van der Waals surface area (Å²) in [4.78, 5) is 25.7. The van der Waals surface area contributed by atoms with Crippen LogP contribution in [0.25, 0.3) is 18.2 Å². The number of carboxylic acids is 1. The lowest BCUT2D eigenvalue weighted by molar-refractivity contribution is -0.146. The van der Waals surface area contributed by atoms with Gasteiger partial charge >= 0.3 is 5.97 Å². The number of hydrogen-bond donors (Lipinski definition) is 3. The maximum Gasteiger partial charge on any atom is 0.307 e. The normalized spacial score (nSPS) is 29.5. The van der Waals surface area contributed by atoms with Crippen molar-refractivity contribution in [2.45, 2.75) is 94.8 Å². The standard InChI is InChI=1S/C51H59NO4/c52-25-24-34-14-17-41(26-34)42(33-53)12-3-1-2-8-36-9-6-7-13-48(50(55)56)51-32-44-30-40-11-5-4-10-39(40)29-43(44)31-45(51)21-18-38-16-15-35(28-49(38)51)27-47(36)37-19-22-46(54)23-20-37/h4-7,10-11,15-16,18-23,26,28-30,33,36,41-45,47-48,54H,1-3,8-9,12-14,17,24-25,27,31-32,52H2,(H,55,56)/t36-,41-,42-,43-,44-,45+,47-,48+,51-/m1/s1. The zero-order valence-electron chi connectivity index (χ0n) is 32.8. The van der Waals surface area contributed by atoms with Crippen LogP contribution in [0.1, 0.15) is 105 Å². The van der Waals surface area contributed by atoms with Crippen LogP contribution in [0.5, 0.6) is 5.75 Å². The van der Waals surface area contributed by atoms with Crippen molar-refractivity contribution < 1.29 is 19.8 Å². The molecule has 0 aliphatic heterocycles. The summed E-state index contributed by atoms with van der Waals surface area (Å²) < 4.78 is 0. The molecule has 5 aliphatic carbocycles. The predicted octanol–water partition coefficient (Wildman–Crippen LogP) is 9.02. The van der Waals surface area contributed by atoms with Gasteiger partial charge in [-0.3, -0.25) is 4.79 Å². The van der Waals surface area contributed by atoms with E-state index in [-0.39, 0.29) is 29.4 Å². The number of carbonyl (C=O) groups is 2. The van der Waals surface area contributed by atoms with E-state index in [2.05, 4.69) is 97.1 Å². The van der Waals surface area contributed by atoms with Gasteiger partial charge in [-0.25, -0.2) is 0 Å². The summed E-state index contributed by atoms with van der Waals surface area (Å²) in [6.07, 6.45) is 29.7. The van der Waals surface area contributed by atoms with Crippen LogP contribution in [0.3, 0.4) is 0 Å². The van der Waals surface area contributed by atoms with Gasteiger partial charge < -0.3 is 20.7 Å². The Kier molecular flexibility index (Phi) is 11.6. The van der Waals surface area contributed by atoms with Crippen LogP contribution in [0.15, 0.2) is 96.6 Å². The Hall–Kier alpha value is -4.48. The highest BCUT2D eigenvalue weighted by molar-refractivity contribution is 5.76. The van der Waals surface area contributed by atoms with E-state index in [9.17, 15) is 19.8 Å². The fourth-order valence-corrected chi connectivity index (χ4v) is 11.6. The maximum atomic E-state index is 13.6. The summed E-state index contributed by atoms with van der Waals surface area (Å²) >= 11 is 0. The van der Waals surface area contributed by atoms with E-state index in [0.717, 1.165) is 82.6 Å². The molecule has 292 valence electrons. The molecule has 9 atom stereocenters. The molecule has 0 amide bonds. The van der Waals surface area contributed by atoms with Gasteiger partial charge in [-0.05, 0) is 151 Å². The first-order valence-corrected chi connectivity index (χ1v) is 21.5. The summed E-state index contributed by atoms with van der Waals surface area (Å²) in [5.41, 5.74) is 11.6. The number of nitrogens with two attached hydrogens (primary N) is 1. The first kappa shape index (κ1) is 38.4. The van der Waals surface area contributed by atoms with Gasteiger partial charge in [0.15, 0.2) is 0 Å². The van der Waals surface area contributed by atoms with Crippen LogP contribution in [0, 0.1) is 41.4 Å². The van der Waals surface area contributed by atoms with Gasteiger partial charge in [0.25, 0.3) is 0 Å². The molecular weight excluding hydrogens is 691 g/mol. The average Bonchev–Trinajstić information content (AvgIpc) is 3.67. The van der Waals surface area contributed by atoms with E-state index in [1.807, 2.05) is 12.1 Å². The van der Waals surface area contributed by atoms with Gasteiger partial charge in [0.1, 0.15) is 12.0 Å². The van der Waals surface area contributed by atoms with Gasteiger partial charge in [-0.1, -0.05) is 122 Å². The van der Waals surface area contributed by atoms with E-state index in [0.29, 0.717) is 30.7 Å². The molecule has 5 aliphatic rings. The molecule has 0 radical (unpaired) electrons. The Balaban J connectivity index is 1.08. The van der Waals surface area contributed by atoms with Gasteiger partial charge in [-0.15, -0.1) is 0 Å². The van der Waals surface area contributed by atoms with Crippen molar-refractivity contribution in [3.8, 4) is 5.75 Å². The summed E-state index contributed by atoms with van der Waals surface area (Å²) in [6, 6.07) is 23.4. The number of phenols is 1. The Morgan fingerprint density at radius 3 is 2.48 bits per heavy atom. The van der Waals surface area contributed by atoms with Gasteiger partial charge in [0.2, 0.25) is 0 Å². The Labute approximate surface area is 332 Å². The number of carbonyl (C=O) groups excluding carboxylic acids is 1. The molecule has 1 saturated carbocycles. The number of aromatic hydroxyl groups is 1. The van der Waals surface area contributed by atoms with Crippen molar-refractivity contribution in [2.24, 2.45) is 47.2 Å². The lowest BCUT2D eigenvalue weighted by atomic mass is 9.49. The molecule has 5 heteroatoms. The largest absolute Gasteiger partial charge is 0.508 e. The number of allylic oxidation sites excluding steroid dienone is 4. The molecule has 3 aromatic rings. The lowest BCUT2D eigenvalue weighted by Gasteiger charge is -2.54. The molecule has 8 rings (SSSR count). The van der Waals surface area contributed by atoms with Crippen LogP contribution in [-0.4, -0.2) is 29.0 Å². The second kappa shape index (κ2) is 16.9. The molecule has 56 heavy (non-hydrogen) atoms. The van der Waals surface area contributed by atoms with Crippen molar-refractivity contribution in [1.29, 1.82) is 0 Å². The molecule has 0 aromatic heterocycles. The highest BCUT2D eigenvalue weighted by Gasteiger charge is 2.55. The van der Waals surface area contributed by atoms with Crippen molar-refractivity contribution in [3.63, 3.8) is 0 Å². The Morgan fingerprint density at radius 2 is 1.71 bits per heavy atom. The zero-order valence-corrected chi connectivity index (χ0v) is 32.8. The molecule has 2 bridgehead atoms. The third kappa shape index (κ3) is 7.77. The highest BCUT2D eigenvalue weighted by atomic mass is 16.4. The number of benzene rings is 3. The minimum atomic E-state index is -0.696. The van der Waals surface area contributed by atoms with Crippen LogP contribution in [0.2, 0.25) is 0 Å². The zero-order chi connectivity index (χ0) is 38.6. The van der Waals surface area contributed by atoms with Gasteiger partial charge in [0.05, 0.1) is 5.92 Å². The molecular formula is C51H59NO4. The topological polar surface area (TPSA) is 101 Å². The van der Waals surface area contributed by atoms with E-state index < -0.39 is 17.3 Å². The fourth-order valence-electron chi connectivity index (χ4n) is 11.6. The summed E-state index contributed by atoms with van der Waals surface area (Å²) in [5.74, 6) is 0.868. The SMILES string of the molecule is NCCC1=C[C@H]([C@@H](C=O)CCCCC[C@@H]2CC=CC[C@@H](C(=O)O)[C@@]34C[C@H]5C=c6ccccc6=C[C@@H]5C[C@@H]3C=Cc3ccc(cc34)C[C@H]2c2ccc(O)cc2)CC1. The number of hydrogen-bond acceptors (Lipinski definition) is 4. The second-order valence-electron chi connectivity index (χ2n) is 17.7. The highest BCUT2D eigenvalue weighted by Crippen LogP contribution is 2.58. The first-order valence-electron chi connectivity index (χ1n) is 21.5. The van der Waals surface area contributed by atoms with Crippen LogP contribution >= 0.6 is 0 Å². The third-order valence-electron chi connectivity index (χ3n) is 14.5. The second-order valence-corrected chi connectivity index (χ2v) is 17.7. The van der Waals surface area contributed by atoms with E-state index >= 15 is 0 Å². The first-order chi connectivity index (χ1) is 27.4. The molecule has 5 nitrogen and oxygen atoms in total. The number of rotatable bonds is 12. The maximum absolute atomic E-state index is 13.6. The van der Waals surface area contributed by atoms with E-state index in [1.54, 1.807) is 0 Å². The van der Waals surface area contributed by atoms with Crippen LogP contribution < -0.4 is 16.2 Å². The van der Waals surface area contributed by atoms with Crippen molar-refractivity contribution >= 4 is 30.5 Å². The van der Waals surface area contributed by atoms with E-state index in [1.165, 1.54) is 39.0 Å². The van der Waals surface area contributed by atoms with Gasteiger partial charge in [0, 0.05) is 11.3 Å². The summed E-state index contributed by atoms with van der Waals surface area (Å²) in [7, 11) is 0. The van der Waals surface area contributed by atoms with Crippen molar-refractivity contribution in [1.82, 2.24) is 0 Å². The van der Waals surface area contributed by atoms with Gasteiger partial charge in [-0.2, -0.15) is 0 Å². The minimum absolute atomic E-state index is 0.0863. The molecule has 4 N–H and O–H groups in total. The third-order valence-corrected chi connectivity index (χ3v) is 14.5. The summed E-state index contributed by atoms with van der Waals surface area (Å²) in [6.45, 7) is 0.672. The monoisotopic (exact) mass is 749 g/mol. The Bertz CT molecular complexity index is 2110. The number of aliphatic carboxylic acids is 1. The Morgan fingerprint density at radius 1 is 0.929 bits per heavy atom. The molecule has 0 unspecified atom stereocenters. The average molecular weight is 750 g/mol. The van der Waals surface area contributed by atoms with Crippen LogP contribution in [0.4, 0.5) is 0 Å². The lowest BCUT2D eigenvalue weighted by Crippen LogP contribution is -2.53. The minimum Gasteiger partial charge on any atom is -0.508 e. The van der Waals surface area contributed by atoms with E-state index in [4.69, 9.17) is 5.73 Å². The van der Waals surface area contributed by atoms with Crippen LogP contribution in [-0.2, 0) is 21.4 Å². The molecule has 0 saturated heterocycles. The quantitative estimate of drug-likeness (QED) is 0.0976. The fraction of sp³-hybridized carbons (Fsp3) is 0.451. The number of unbranched alkanes of at least 4 members (excludes halogenated alkanes) is 2. The number of carboxylic acid groups (broad SMARTS) is 1. The van der Waals surface area contributed by atoms with Crippen molar-refractivity contribution in [2.75, 3.05) is 6.54 Å². The number of phenolic OH excluding ortho intramolecular Hbond substituents is 1.